The summed E-state index contributed by atoms with van der Waals surface area (Å²) in [6.07, 6.45) is 3.15. The van der Waals surface area contributed by atoms with Crippen molar-refractivity contribution in [2.24, 2.45) is 0 Å². The fourth-order valence-electron chi connectivity index (χ4n) is 3.82. The summed E-state index contributed by atoms with van der Waals surface area (Å²) >= 11 is 0. The van der Waals surface area contributed by atoms with E-state index >= 15 is 0 Å². The Kier molecular flexibility index (Phi) is 6.50. The second-order valence-corrected chi connectivity index (χ2v) is 7.78. The van der Waals surface area contributed by atoms with Crippen molar-refractivity contribution in [3.05, 3.63) is 72.1 Å². The van der Waals surface area contributed by atoms with E-state index in [-0.39, 0.29) is 5.91 Å². The van der Waals surface area contributed by atoms with Crippen LogP contribution in [-0.2, 0) is 0 Å². The van der Waals surface area contributed by atoms with E-state index in [1.54, 1.807) is 7.11 Å². The summed E-state index contributed by atoms with van der Waals surface area (Å²) in [4.78, 5) is 17.7. The van der Waals surface area contributed by atoms with Crippen LogP contribution in [0, 0.1) is 6.92 Å². The molecule has 0 spiro atoms. The summed E-state index contributed by atoms with van der Waals surface area (Å²) in [7, 11) is 1.64. The van der Waals surface area contributed by atoms with Gasteiger partial charge in [0, 0.05) is 17.7 Å². The van der Waals surface area contributed by atoms with Crippen molar-refractivity contribution in [3.8, 4) is 28.1 Å². The Bertz CT molecular complexity index is 1210. The topological polar surface area (TPSA) is 68.5 Å². The number of aryl methyl sites for hydroxylation is 1. The minimum atomic E-state index is -0.170. The van der Waals surface area contributed by atoms with Crippen molar-refractivity contribution >= 4 is 11.6 Å². The van der Waals surface area contributed by atoms with E-state index in [4.69, 9.17) is 14.8 Å². The number of rotatable bonds is 8. The molecule has 2 aromatic heterocycles. The molecule has 0 saturated carbocycles. The second kappa shape index (κ2) is 9.64. The van der Waals surface area contributed by atoms with E-state index in [1.165, 1.54) is 0 Å². The zero-order chi connectivity index (χ0) is 22.5. The third-order valence-corrected chi connectivity index (χ3v) is 5.51. The number of methoxy groups -OCH3 is 1. The van der Waals surface area contributed by atoms with Gasteiger partial charge in [-0.25, -0.2) is 9.50 Å². The zero-order valence-corrected chi connectivity index (χ0v) is 18.8. The van der Waals surface area contributed by atoms with Gasteiger partial charge in [0.05, 0.1) is 18.5 Å². The van der Waals surface area contributed by atoms with Gasteiger partial charge >= 0.3 is 0 Å². The van der Waals surface area contributed by atoms with Crippen LogP contribution in [0.4, 0.5) is 0 Å². The van der Waals surface area contributed by atoms with Gasteiger partial charge in [0.2, 0.25) is 0 Å². The van der Waals surface area contributed by atoms with E-state index in [0.717, 1.165) is 53.1 Å². The molecule has 164 valence electrons. The Morgan fingerprint density at radius 1 is 1.03 bits per heavy atom. The molecule has 2 aromatic carbocycles. The first-order valence-corrected chi connectivity index (χ1v) is 11.0. The fraction of sp³-hybridized carbons (Fsp3) is 0.269. The zero-order valence-electron chi connectivity index (χ0n) is 18.8. The summed E-state index contributed by atoms with van der Waals surface area (Å²) in [6, 6.07) is 19.6. The molecular weight excluding hydrogens is 400 g/mol. The van der Waals surface area contributed by atoms with Crippen molar-refractivity contribution in [2.45, 2.75) is 33.1 Å². The van der Waals surface area contributed by atoms with Crippen LogP contribution in [0.2, 0.25) is 0 Å². The van der Waals surface area contributed by atoms with E-state index in [2.05, 4.69) is 12.2 Å². The summed E-state index contributed by atoms with van der Waals surface area (Å²) in [5.41, 5.74) is 5.60. The molecule has 0 saturated heterocycles. The Labute approximate surface area is 188 Å². The molecule has 0 fully saturated rings. The highest BCUT2D eigenvalue weighted by Crippen LogP contribution is 2.31. The van der Waals surface area contributed by atoms with Gasteiger partial charge in [0.15, 0.2) is 5.65 Å². The van der Waals surface area contributed by atoms with Crippen LogP contribution in [0.5, 0.6) is 5.75 Å². The molecule has 0 aliphatic heterocycles. The van der Waals surface area contributed by atoms with Crippen LogP contribution in [-0.4, -0.2) is 34.2 Å². The maximum Gasteiger partial charge on any atom is 0.270 e. The Balaban J connectivity index is 1.85. The molecule has 0 bridgehead atoms. The Morgan fingerprint density at radius 3 is 2.47 bits per heavy atom. The highest BCUT2D eigenvalue weighted by molar-refractivity contribution is 5.95. The first kappa shape index (κ1) is 21.6. The number of unbranched alkanes of at least 4 members (excludes halogenated alkanes) is 2. The first-order valence-electron chi connectivity index (χ1n) is 11.0. The van der Waals surface area contributed by atoms with Crippen LogP contribution in [0.3, 0.4) is 0 Å². The van der Waals surface area contributed by atoms with Crippen molar-refractivity contribution in [1.82, 2.24) is 19.9 Å². The highest BCUT2D eigenvalue weighted by Gasteiger charge is 2.20. The van der Waals surface area contributed by atoms with E-state index in [9.17, 15) is 4.79 Å². The van der Waals surface area contributed by atoms with Crippen LogP contribution in [0.15, 0.2) is 60.7 Å². The van der Waals surface area contributed by atoms with Crippen LogP contribution < -0.4 is 10.1 Å². The van der Waals surface area contributed by atoms with Crippen molar-refractivity contribution < 1.29 is 9.53 Å². The van der Waals surface area contributed by atoms with Gasteiger partial charge in [-0.15, -0.1) is 0 Å². The number of carbonyl (C=O) groups excluding carboxylic acids is 1. The Morgan fingerprint density at radius 2 is 1.78 bits per heavy atom. The molecule has 4 aromatic rings. The number of nitrogens with zero attached hydrogens (tertiary/aromatic N) is 3. The smallest absolute Gasteiger partial charge is 0.270 e. The number of ether oxygens (including phenoxy) is 1. The summed E-state index contributed by atoms with van der Waals surface area (Å²) < 4.78 is 7.13. The number of amides is 1. The lowest BCUT2D eigenvalue weighted by Gasteiger charge is -2.10. The number of fused-ring (bicyclic) bond motifs is 1. The molecule has 0 radical (unpaired) electrons. The average molecular weight is 429 g/mol. The molecule has 0 atom stereocenters. The maximum atomic E-state index is 13.0. The molecule has 0 unspecified atom stereocenters. The summed E-state index contributed by atoms with van der Waals surface area (Å²) in [5.74, 6) is 0.603. The fourth-order valence-corrected chi connectivity index (χ4v) is 3.82. The van der Waals surface area contributed by atoms with Gasteiger partial charge in [-0.2, -0.15) is 5.10 Å². The summed E-state index contributed by atoms with van der Waals surface area (Å²) in [5, 5.41) is 7.80. The summed E-state index contributed by atoms with van der Waals surface area (Å²) in [6.45, 7) is 4.76. The standard InChI is InChI=1S/C26H28N4O2/c1-4-5-9-16-27-26(31)22-17-23(19-12-14-21(32-3)15-13-19)30-25(28-22)24(18(2)29-30)20-10-7-6-8-11-20/h6-8,10-15,17H,4-5,9,16H2,1-3H3,(H,27,31). The van der Waals surface area contributed by atoms with E-state index < -0.39 is 0 Å². The van der Waals surface area contributed by atoms with Gasteiger partial charge < -0.3 is 10.1 Å². The number of aromatic nitrogens is 3. The predicted molar refractivity (Wildman–Crippen MR) is 127 cm³/mol. The van der Waals surface area contributed by atoms with Crippen molar-refractivity contribution in [3.63, 3.8) is 0 Å². The van der Waals surface area contributed by atoms with Gasteiger partial charge in [0.1, 0.15) is 11.4 Å². The number of benzene rings is 2. The second-order valence-electron chi connectivity index (χ2n) is 7.78. The molecule has 4 rings (SSSR count). The molecule has 1 N–H and O–H groups in total. The normalized spacial score (nSPS) is 11.0. The molecule has 0 aliphatic carbocycles. The van der Waals surface area contributed by atoms with Gasteiger partial charge in [0.25, 0.3) is 5.91 Å². The number of hydrogen-bond acceptors (Lipinski definition) is 4. The van der Waals surface area contributed by atoms with Crippen LogP contribution in [0.25, 0.3) is 28.0 Å². The lowest BCUT2D eigenvalue weighted by atomic mass is 10.1. The van der Waals surface area contributed by atoms with E-state index in [0.29, 0.717) is 17.9 Å². The SMILES string of the molecule is CCCCCNC(=O)c1cc(-c2ccc(OC)cc2)n2nc(C)c(-c3ccccc3)c2n1. The van der Waals surface area contributed by atoms with Gasteiger partial charge in [-0.3, -0.25) is 4.79 Å². The number of hydrogen-bond donors (Lipinski definition) is 1. The highest BCUT2D eigenvalue weighted by atomic mass is 16.5. The lowest BCUT2D eigenvalue weighted by molar-refractivity contribution is 0.0948. The minimum Gasteiger partial charge on any atom is -0.497 e. The van der Waals surface area contributed by atoms with Crippen molar-refractivity contribution in [1.29, 1.82) is 0 Å². The van der Waals surface area contributed by atoms with Crippen molar-refractivity contribution in [2.75, 3.05) is 13.7 Å². The third kappa shape index (κ3) is 4.35. The molecule has 6 heteroatoms. The first-order chi connectivity index (χ1) is 15.6. The quantitative estimate of drug-likeness (QED) is 0.387. The van der Waals surface area contributed by atoms with Crippen LogP contribution in [0.1, 0.15) is 42.4 Å². The van der Waals surface area contributed by atoms with Crippen LogP contribution >= 0.6 is 0 Å². The maximum absolute atomic E-state index is 13.0. The molecule has 1 amide bonds. The van der Waals surface area contributed by atoms with E-state index in [1.807, 2.05) is 72.1 Å². The molecular formula is C26H28N4O2. The Hall–Kier alpha value is -3.67. The lowest BCUT2D eigenvalue weighted by Crippen LogP contribution is -2.25. The third-order valence-electron chi connectivity index (χ3n) is 5.51. The monoisotopic (exact) mass is 428 g/mol. The molecule has 32 heavy (non-hydrogen) atoms. The van der Waals surface area contributed by atoms with Gasteiger partial charge in [-0.05, 0) is 49.2 Å². The number of nitrogens with one attached hydrogen (secondary N) is 1. The predicted octanol–water partition coefficient (Wildman–Crippen LogP) is 5.30. The molecule has 6 nitrogen and oxygen atoms in total. The molecule has 2 heterocycles. The van der Waals surface area contributed by atoms with Gasteiger partial charge in [-0.1, -0.05) is 50.1 Å². The minimum absolute atomic E-state index is 0.170. The number of carbonyl (C=O) groups is 1. The largest absolute Gasteiger partial charge is 0.497 e. The molecule has 0 aliphatic rings. The average Bonchev–Trinajstić information content (AvgIpc) is 3.17.